The number of carbonyl (C=O) groups is 1. The summed E-state index contributed by atoms with van der Waals surface area (Å²) in [4.78, 5) is 11.4. The van der Waals surface area contributed by atoms with E-state index in [9.17, 15) is 4.79 Å². The van der Waals surface area contributed by atoms with Crippen LogP contribution in [0.5, 0.6) is 0 Å². The number of hydrogen-bond donors (Lipinski definition) is 1. The Kier molecular flexibility index (Phi) is 2.07. The van der Waals surface area contributed by atoms with Gasteiger partial charge in [-0.3, -0.25) is 4.79 Å². The second-order valence-corrected chi connectivity index (χ2v) is 3.53. The zero-order valence-electron chi connectivity index (χ0n) is 8.03. The summed E-state index contributed by atoms with van der Waals surface area (Å²) in [6, 6.07) is 3.62. The number of furan rings is 1. The number of rotatable bonds is 3. The molecule has 76 valence electrons. The highest BCUT2D eigenvalue weighted by Gasteiger charge is 2.60. The van der Waals surface area contributed by atoms with E-state index >= 15 is 0 Å². The third-order valence-electron chi connectivity index (χ3n) is 2.55. The third-order valence-corrected chi connectivity index (χ3v) is 2.55. The molecule has 0 saturated heterocycles. The highest BCUT2D eigenvalue weighted by atomic mass is 16.5. The molecule has 1 aromatic rings. The van der Waals surface area contributed by atoms with E-state index in [1.54, 1.807) is 19.3 Å². The van der Waals surface area contributed by atoms with Crippen molar-refractivity contribution in [3.05, 3.63) is 24.2 Å². The highest BCUT2D eigenvalue weighted by molar-refractivity contribution is 5.86. The summed E-state index contributed by atoms with van der Waals surface area (Å²) in [5.74, 6) is 0.415. The molecule has 1 heterocycles. The summed E-state index contributed by atoms with van der Waals surface area (Å²) in [5.41, 5.74) is 5.02. The number of hydrogen-bond acceptors (Lipinski definition) is 4. The molecule has 2 unspecified atom stereocenters. The molecule has 4 nitrogen and oxygen atoms in total. The van der Waals surface area contributed by atoms with Crippen LogP contribution in [0.1, 0.15) is 25.0 Å². The lowest BCUT2D eigenvalue weighted by molar-refractivity contribution is -0.146. The summed E-state index contributed by atoms with van der Waals surface area (Å²) >= 11 is 0. The zero-order valence-corrected chi connectivity index (χ0v) is 8.03. The Bertz CT molecular complexity index is 333. The van der Waals surface area contributed by atoms with E-state index in [-0.39, 0.29) is 11.9 Å². The quantitative estimate of drug-likeness (QED) is 0.731. The van der Waals surface area contributed by atoms with E-state index in [1.807, 2.05) is 6.07 Å². The van der Waals surface area contributed by atoms with Gasteiger partial charge in [0.25, 0.3) is 0 Å². The number of carbonyl (C=O) groups excluding carboxylic acids is 1. The standard InChI is InChI=1S/C10H13NO3/c1-2-13-9(12)10(11)6-7(10)8-4-3-5-14-8/h3-5,7H,2,6,11H2,1H3. The van der Waals surface area contributed by atoms with Crippen molar-refractivity contribution in [3.63, 3.8) is 0 Å². The van der Waals surface area contributed by atoms with Crippen molar-refractivity contribution >= 4 is 5.97 Å². The van der Waals surface area contributed by atoms with E-state index in [0.29, 0.717) is 13.0 Å². The van der Waals surface area contributed by atoms with Crippen molar-refractivity contribution in [2.75, 3.05) is 6.61 Å². The average Bonchev–Trinajstić information content (AvgIpc) is 2.66. The molecular formula is C10H13NO3. The van der Waals surface area contributed by atoms with Crippen molar-refractivity contribution in [1.82, 2.24) is 0 Å². The van der Waals surface area contributed by atoms with Crippen LogP contribution in [0.25, 0.3) is 0 Å². The fourth-order valence-corrected chi connectivity index (χ4v) is 1.61. The van der Waals surface area contributed by atoms with Crippen molar-refractivity contribution in [3.8, 4) is 0 Å². The van der Waals surface area contributed by atoms with Gasteiger partial charge in [0.1, 0.15) is 11.3 Å². The van der Waals surface area contributed by atoms with Gasteiger partial charge in [0.2, 0.25) is 0 Å². The van der Waals surface area contributed by atoms with Crippen LogP contribution in [0.4, 0.5) is 0 Å². The van der Waals surface area contributed by atoms with E-state index in [4.69, 9.17) is 14.9 Å². The lowest BCUT2D eigenvalue weighted by Crippen LogP contribution is -2.36. The Morgan fingerprint density at radius 1 is 1.86 bits per heavy atom. The fraction of sp³-hybridized carbons (Fsp3) is 0.500. The first-order chi connectivity index (χ1) is 6.68. The SMILES string of the molecule is CCOC(=O)C1(N)CC1c1ccco1. The van der Waals surface area contributed by atoms with Gasteiger partial charge in [0, 0.05) is 5.92 Å². The van der Waals surface area contributed by atoms with Crippen LogP contribution in [0.3, 0.4) is 0 Å². The maximum Gasteiger partial charge on any atom is 0.326 e. The molecule has 0 radical (unpaired) electrons. The Balaban J connectivity index is 2.06. The molecular weight excluding hydrogens is 182 g/mol. The first-order valence-electron chi connectivity index (χ1n) is 4.68. The Labute approximate surface area is 82.0 Å². The molecule has 1 aromatic heterocycles. The largest absolute Gasteiger partial charge is 0.469 e. The molecule has 1 saturated carbocycles. The predicted octanol–water partition coefficient (Wildman–Crippen LogP) is 1.03. The second-order valence-electron chi connectivity index (χ2n) is 3.53. The van der Waals surface area contributed by atoms with Crippen LogP contribution < -0.4 is 5.73 Å². The van der Waals surface area contributed by atoms with Crippen LogP contribution >= 0.6 is 0 Å². The van der Waals surface area contributed by atoms with Crippen LogP contribution in [-0.2, 0) is 9.53 Å². The lowest BCUT2D eigenvalue weighted by atomic mass is 10.2. The van der Waals surface area contributed by atoms with Crippen molar-refractivity contribution in [2.45, 2.75) is 24.8 Å². The molecule has 0 aliphatic heterocycles. The minimum Gasteiger partial charge on any atom is -0.469 e. The number of ether oxygens (including phenoxy) is 1. The van der Waals surface area contributed by atoms with E-state index in [2.05, 4.69) is 0 Å². The molecule has 14 heavy (non-hydrogen) atoms. The fourth-order valence-electron chi connectivity index (χ4n) is 1.61. The van der Waals surface area contributed by atoms with Crippen LogP contribution in [0.15, 0.2) is 22.8 Å². The first-order valence-corrected chi connectivity index (χ1v) is 4.68. The monoisotopic (exact) mass is 195 g/mol. The summed E-state index contributed by atoms with van der Waals surface area (Å²) in [5, 5.41) is 0. The molecule has 4 heteroatoms. The Morgan fingerprint density at radius 2 is 2.64 bits per heavy atom. The molecule has 0 spiro atoms. The third kappa shape index (κ3) is 1.32. The van der Waals surface area contributed by atoms with Gasteiger partial charge >= 0.3 is 5.97 Å². The second kappa shape index (κ2) is 3.13. The van der Waals surface area contributed by atoms with Gasteiger partial charge in [-0.05, 0) is 25.5 Å². The molecule has 2 atom stereocenters. The Hall–Kier alpha value is -1.29. The van der Waals surface area contributed by atoms with Crippen molar-refractivity contribution in [1.29, 1.82) is 0 Å². The van der Waals surface area contributed by atoms with Gasteiger partial charge in [-0.25, -0.2) is 0 Å². The van der Waals surface area contributed by atoms with E-state index in [0.717, 1.165) is 5.76 Å². The molecule has 2 N–H and O–H groups in total. The topological polar surface area (TPSA) is 65.5 Å². The van der Waals surface area contributed by atoms with Gasteiger partial charge in [-0.1, -0.05) is 0 Å². The number of nitrogens with two attached hydrogens (primary N) is 1. The van der Waals surface area contributed by atoms with E-state index in [1.165, 1.54) is 0 Å². The van der Waals surface area contributed by atoms with Crippen LogP contribution in [0, 0.1) is 0 Å². The summed E-state index contributed by atoms with van der Waals surface area (Å²) in [6.45, 7) is 2.13. The minimum absolute atomic E-state index is 0.0171. The molecule has 0 aromatic carbocycles. The lowest BCUT2D eigenvalue weighted by Gasteiger charge is -2.08. The maximum absolute atomic E-state index is 11.4. The normalized spacial score (nSPS) is 30.0. The van der Waals surface area contributed by atoms with Gasteiger partial charge < -0.3 is 14.9 Å². The van der Waals surface area contributed by atoms with Crippen LogP contribution in [-0.4, -0.2) is 18.1 Å². The maximum atomic E-state index is 11.4. The van der Waals surface area contributed by atoms with Gasteiger partial charge in [-0.15, -0.1) is 0 Å². The minimum atomic E-state index is -0.853. The number of esters is 1. The molecule has 1 aliphatic rings. The van der Waals surface area contributed by atoms with E-state index < -0.39 is 5.54 Å². The highest BCUT2D eigenvalue weighted by Crippen LogP contribution is 2.50. The Morgan fingerprint density at radius 3 is 3.21 bits per heavy atom. The molecule has 0 bridgehead atoms. The molecule has 0 amide bonds. The molecule has 1 fully saturated rings. The first kappa shape index (κ1) is 9.27. The average molecular weight is 195 g/mol. The molecule has 1 aliphatic carbocycles. The van der Waals surface area contributed by atoms with Crippen LogP contribution in [0.2, 0.25) is 0 Å². The van der Waals surface area contributed by atoms with Crippen molar-refractivity contribution in [2.24, 2.45) is 5.73 Å². The zero-order chi connectivity index (χ0) is 10.2. The summed E-state index contributed by atoms with van der Waals surface area (Å²) < 4.78 is 10.1. The van der Waals surface area contributed by atoms with Gasteiger partial charge in [-0.2, -0.15) is 0 Å². The summed E-state index contributed by atoms with van der Waals surface area (Å²) in [7, 11) is 0. The summed E-state index contributed by atoms with van der Waals surface area (Å²) in [6.07, 6.45) is 2.19. The predicted molar refractivity (Wildman–Crippen MR) is 49.6 cm³/mol. The molecule has 2 rings (SSSR count). The van der Waals surface area contributed by atoms with Gasteiger partial charge in [0.05, 0.1) is 12.9 Å². The van der Waals surface area contributed by atoms with Crippen molar-refractivity contribution < 1.29 is 13.9 Å². The smallest absolute Gasteiger partial charge is 0.326 e. The van der Waals surface area contributed by atoms with Gasteiger partial charge in [0.15, 0.2) is 0 Å².